The molecule has 18 heavy (non-hydrogen) atoms. The number of rotatable bonds is 7. The first-order chi connectivity index (χ1) is 8.45. The van der Waals surface area contributed by atoms with Gasteiger partial charge in [-0.05, 0) is 31.6 Å². The van der Waals surface area contributed by atoms with Crippen molar-refractivity contribution < 1.29 is 14.3 Å². The van der Waals surface area contributed by atoms with Crippen LogP contribution in [0.25, 0.3) is 0 Å². The predicted molar refractivity (Wildman–Crippen MR) is 69.0 cm³/mol. The van der Waals surface area contributed by atoms with Crippen LogP contribution in [-0.4, -0.2) is 37.6 Å². The highest BCUT2D eigenvalue weighted by Crippen LogP contribution is 2.33. The van der Waals surface area contributed by atoms with Gasteiger partial charge in [0.2, 0.25) is 5.91 Å². The minimum Gasteiger partial charge on any atom is -0.468 e. The smallest absolute Gasteiger partial charge is 0.323 e. The summed E-state index contributed by atoms with van der Waals surface area (Å²) in [4.78, 5) is 23.4. The van der Waals surface area contributed by atoms with Crippen LogP contribution in [0.5, 0.6) is 0 Å². The van der Waals surface area contributed by atoms with Crippen molar-refractivity contribution in [1.29, 1.82) is 0 Å². The third-order valence-electron chi connectivity index (χ3n) is 3.06. The summed E-state index contributed by atoms with van der Waals surface area (Å²) in [5.74, 6) is 0.387. The second-order valence-corrected chi connectivity index (χ2v) is 5.37. The first-order valence-electron chi connectivity index (χ1n) is 6.57. The molecule has 0 radical (unpaired) electrons. The molecular formula is C13H24N2O3. The molecule has 5 heteroatoms. The first-order valence-corrected chi connectivity index (χ1v) is 6.57. The van der Waals surface area contributed by atoms with Crippen molar-refractivity contribution in [2.75, 3.05) is 13.7 Å². The van der Waals surface area contributed by atoms with Gasteiger partial charge in [0.15, 0.2) is 0 Å². The Bertz CT molecular complexity index is 301. The Morgan fingerprint density at radius 2 is 1.89 bits per heavy atom. The molecule has 5 nitrogen and oxygen atoms in total. The van der Waals surface area contributed by atoms with Gasteiger partial charge < -0.3 is 10.1 Å². The lowest BCUT2D eigenvalue weighted by Gasteiger charge is -2.21. The van der Waals surface area contributed by atoms with Gasteiger partial charge in [0.1, 0.15) is 6.04 Å². The monoisotopic (exact) mass is 256 g/mol. The van der Waals surface area contributed by atoms with Crippen LogP contribution in [0.1, 0.15) is 33.6 Å². The number of carbonyl (C=O) groups excluding carboxylic acids is 2. The van der Waals surface area contributed by atoms with Crippen molar-refractivity contribution in [3.05, 3.63) is 0 Å². The minimum atomic E-state index is -0.381. The maximum Gasteiger partial charge on any atom is 0.323 e. The molecule has 1 fully saturated rings. The van der Waals surface area contributed by atoms with Gasteiger partial charge >= 0.3 is 5.97 Å². The van der Waals surface area contributed by atoms with Gasteiger partial charge in [-0.25, -0.2) is 0 Å². The Labute approximate surface area is 109 Å². The average Bonchev–Trinajstić information content (AvgIpc) is 3.15. The van der Waals surface area contributed by atoms with E-state index in [1.54, 1.807) is 6.92 Å². The molecule has 1 amide bonds. The SMILES string of the molecule is COC(=O)C(NC(C)C(=O)NCC(C)C)C1CC1. The predicted octanol–water partition coefficient (Wildman–Crippen LogP) is 0.688. The number of hydrogen-bond donors (Lipinski definition) is 2. The fourth-order valence-corrected chi connectivity index (χ4v) is 1.76. The largest absolute Gasteiger partial charge is 0.468 e. The van der Waals surface area contributed by atoms with Gasteiger partial charge in [-0.3, -0.25) is 14.9 Å². The van der Waals surface area contributed by atoms with E-state index >= 15 is 0 Å². The standard InChI is InChI=1S/C13H24N2O3/c1-8(2)7-14-12(16)9(3)15-11(10-5-6-10)13(17)18-4/h8-11,15H,5-7H2,1-4H3,(H,14,16). The van der Waals surface area contributed by atoms with Crippen molar-refractivity contribution in [3.8, 4) is 0 Å². The number of esters is 1. The average molecular weight is 256 g/mol. The summed E-state index contributed by atoms with van der Waals surface area (Å²) in [6.45, 7) is 6.50. The molecule has 0 saturated heterocycles. The second kappa shape index (κ2) is 6.73. The molecule has 1 aliphatic rings. The summed E-state index contributed by atoms with van der Waals surface area (Å²) in [5, 5.41) is 5.92. The quantitative estimate of drug-likeness (QED) is 0.658. The molecule has 2 N–H and O–H groups in total. The number of amides is 1. The molecule has 2 unspecified atom stereocenters. The first kappa shape index (κ1) is 15.0. The molecule has 0 aliphatic heterocycles. The van der Waals surface area contributed by atoms with Gasteiger partial charge in [0.05, 0.1) is 13.2 Å². The molecule has 0 bridgehead atoms. The van der Waals surface area contributed by atoms with Crippen LogP contribution >= 0.6 is 0 Å². The maximum atomic E-state index is 11.8. The molecule has 1 rings (SSSR count). The van der Waals surface area contributed by atoms with Crippen molar-refractivity contribution in [1.82, 2.24) is 10.6 Å². The van der Waals surface area contributed by atoms with E-state index in [0.717, 1.165) is 12.8 Å². The zero-order valence-electron chi connectivity index (χ0n) is 11.7. The fourth-order valence-electron chi connectivity index (χ4n) is 1.76. The van der Waals surface area contributed by atoms with E-state index in [-0.39, 0.29) is 24.0 Å². The molecule has 0 aromatic rings. The van der Waals surface area contributed by atoms with Crippen LogP contribution < -0.4 is 10.6 Å². The van der Waals surface area contributed by atoms with Crippen LogP contribution in [0, 0.1) is 11.8 Å². The number of carbonyl (C=O) groups is 2. The lowest BCUT2D eigenvalue weighted by Crippen LogP contribution is -2.51. The van der Waals surface area contributed by atoms with Crippen LogP contribution in [-0.2, 0) is 14.3 Å². The van der Waals surface area contributed by atoms with E-state index in [0.29, 0.717) is 18.4 Å². The highest BCUT2D eigenvalue weighted by atomic mass is 16.5. The zero-order valence-corrected chi connectivity index (χ0v) is 11.7. The van der Waals surface area contributed by atoms with Crippen molar-refractivity contribution >= 4 is 11.9 Å². The zero-order chi connectivity index (χ0) is 13.7. The summed E-state index contributed by atoms with van der Waals surface area (Å²) >= 11 is 0. The van der Waals surface area contributed by atoms with Crippen molar-refractivity contribution in [2.24, 2.45) is 11.8 Å². The van der Waals surface area contributed by atoms with Crippen LogP contribution in [0.3, 0.4) is 0 Å². The second-order valence-electron chi connectivity index (χ2n) is 5.37. The van der Waals surface area contributed by atoms with Crippen LogP contribution in [0.4, 0.5) is 0 Å². The number of methoxy groups -OCH3 is 1. The Kier molecular flexibility index (Phi) is 5.59. The number of nitrogens with one attached hydrogen (secondary N) is 2. The van der Waals surface area contributed by atoms with Gasteiger partial charge in [-0.1, -0.05) is 13.8 Å². The highest BCUT2D eigenvalue weighted by Gasteiger charge is 2.38. The topological polar surface area (TPSA) is 67.4 Å². The Balaban J connectivity index is 2.42. The van der Waals surface area contributed by atoms with Crippen LogP contribution in [0.15, 0.2) is 0 Å². The Morgan fingerprint density at radius 1 is 1.28 bits per heavy atom. The Hall–Kier alpha value is -1.10. The normalized spacial score (nSPS) is 18.3. The van der Waals surface area contributed by atoms with Crippen molar-refractivity contribution in [2.45, 2.75) is 45.7 Å². The summed E-state index contributed by atoms with van der Waals surface area (Å²) in [6, 6.07) is -0.733. The van der Waals surface area contributed by atoms with Crippen molar-refractivity contribution in [3.63, 3.8) is 0 Å². The van der Waals surface area contributed by atoms with E-state index in [4.69, 9.17) is 4.74 Å². The summed E-state index contributed by atoms with van der Waals surface area (Å²) in [6.07, 6.45) is 2.04. The number of hydrogen-bond acceptors (Lipinski definition) is 4. The molecule has 0 aromatic carbocycles. The van der Waals surface area contributed by atoms with Gasteiger partial charge in [-0.15, -0.1) is 0 Å². The molecular weight excluding hydrogens is 232 g/mol. The molecule has 1 saturated carbocycles. The Morgan fingerprint density at radius 3 is 2.33 bits per heavy atom. The summed E-state index contributed by atoms with van der Waals surface area (Å²) in [5.41, 5.74) is 0. The fraction of sp³-hybridized carbons (Fsp3) is 0.846. The maximum absolute atomic E-state index is 11.8. The summed E-state index contributed by atoms with van der Waals surface area (Å²) in [7, 11) is 1.38. The van der Waals surface area contributed by atoms with Crippen LogP contribution in [0.2, 0.25) is 0 Å². The molecule has 0 heterocycles. The van der Waals surface area contributed by atoms with Gasteiger partial charge in [0, 0.05) is 6.54 Å². The highest BCUT2D eigenvalue weighted by molar-refractivity contribution is 5.83. The van der Waals surface area contributed by atoms with Gasteiger partial charge in [0.25, 0.3) is 0 Å². The third-order valence-corrected chi connectivity index (χ3v) is 3.06. The number of ether oxygens (including phenoxy) is 1. The third kappa shape index (κ3) is 4.64. The van der Waals surface area contributed by atoms with E-state index in [1.165, 1.54) is 7.11 Å². The lowest BCUT2D eigenvalue weighted by molar-refractivity contribution is -0.144. The molecule has 104 valence electrons. The van der Waals surface area contributed by atoms with E-state index in [2.05, 4.69) is 10.6 Å². The summed E-state index contributed by atoms with van der Waals surface area (Å²) < 4.78 is 4.76. The van der Waals surface area contributed by atoms with E-state index in [1.807, 2.05) is 13.8 Å². The molecule has 0 aromatic heterocycles. The minimum absolute atomic E-state index is 0.0711. The lowest BCUT2D eigenvalue weighted by atomic mass is 10.1. The van der Waals surface area contributed by atoms with Gasteiger partial charge in [-0.2, -0.15) is 0 Å². The molecule has 0 spiro atoms. The van der Waals surface area contributed by atoms with E-state index in [9.17, 15) is 9.59 Å². The molecule has 2 atom stereocenters. The van der Waals surface area contributed by atoms with E-state index < -0.39 is 0 Å². The molecule has 1 aliphatic carbocycles.